The van der Waals surface area contributed by atoms with Crippen LogP contribution in [0, 0.1) is 0 Å². The monoisotopic (exact) mass is 207 g/mol. The van der Waals surface area contributed by atoms with Crippen molar-refractivity contribution in [3.05, 3.63) is 18.0 Å². The second kappa shape index (κ2) is 3.36. The van der Waals surface area contributed by atoms with Crippen molar-refractivity contribution in [2.75, 3.05) is 6.54 Å². The summed E-state index contributed by atoms with van der Waals surface area (Å²) in [4.78, 5) is 14.1. The number of carbonyl (C=O) groups is 1. The van der Waals surface area contributed by atoms with Crippen LogP contribution in [0.4, 0.5) is 0 Å². The molecule has 0 unspecified atom stereocenters. The Morgan fingerprint density at radius 2 is 2.27 bits per heavy atom. The van der Waals surface area contributed by atoms with E-state index in [1.54, 1.807) is 16.9 Å². The summed E-state index contributed by atoms with van der Waals surface area (Å²) < 4.78 is 1.66. The van der Waals surface area contributed by atoms with Gasteiger partial charge in [-0.25, -0.2) is 0 Å². The zero-order valence-corrected chi connectivity index (χ0v) is 9.53. The third-order valence-electron chi connectivity index (χ3n) is 3.08. The van der Waals surface area contributed by atoms with E-state index in [0.29, 0.717) is 5.69 Å². The van der Waals surface area contributed by atoms with Crippen molar-refractivity contribution in [1.29, 1.82) is 0 Å². The number of hydrogen-bond acceptors (Lipinski definition) is 2. The zero-order valence-electron chi connectivity index (χ0n) is 9.53. The second-order valence-electron chi connectivity index (χ2n) is 4.75. The molecule has 0 radical (unpaired) electrons. The van der Waals surface area contributed by atoms with Crippen LogP contribution in [-0.2, 0) is 7.05 Å². The first-order chi connectivity index (χ1) is 7.00. The Morgan fingerprint density at radius 3 is 2.73 bits per heavy atom. The van der Waals surface area contributed by atoms with Crippen LogP contribution in [0.3, 0.4) is 0 Å². The van der Waals surface area contributed by atoms with Crippen LogP contribution >= 0.6 is 0 Å². The van der Waals surface area contributed by atoms with Gasteiger partial charge in [0.05, 0.1) is 0 Å². The molecule has 0 atom stereocenters. The number of likely N-dealkylation sites (tertiary alicyclic amines) is 1. The molecule has 1 aliphatic heterocycles. The lowest BCUT2D eigenvalue weighted by molar-refractivity contribution is 0.0645. The zero-order chi connectivity index (χ0) is 11.1. The fourth-order valence-corrected chi connectivity index (χ4v) is 2.15. The molecule has 82 valence electrons. The summed E-state index contributed by atoms with van der Waals surface area (Å²) in [7, 11) is 1.83. The highest BCUT2D eigenvalue weighted by molar-refractivity contribution is 5.92. The minimum absolute atomic E-state index is 0.0192. The van der Waals surface area contributed by atoms with E-state index in [1.807, 2.05) is 11.9 Å². The SMILES string of the molecule is Cn1ccc(C(=O)N2CCCC2(C)C)n1. The lowest BCUT2D eigenvalue weighted by atomic mass is 10.0. The molecule has 0 spiro atoms. The summed E-state index contributed by atoms with van der Waals surface area (Å²) in [6.45, 7) is 5.07. The maximum atomic E-state index is 12.1. The van der Waals surface area contributed by atoms with Gasteiger partial charge >= 0.3 is 0 Å². The molecule has 0 saturated carbocycles. The molecule has 2 heterocycles. The van der Waals surface area contributed by atoms with Gasteiger partial charge in [0.2, 0.25) is 0 Å². The Bertz CT molecular complexity index is 381. The van der Waals surface area contributed by atoms with E-state index in [2.05, 4.69) is 18.9 Å². The number of rotatable bonds is 1. The van der Waals surface area contributed by atoms with E-state index in [1.165, 1.54) is 0 Å². The van der Waals surface area contributed by atoms with E-state index in [4.69, 9.17) is 0 Å². The average Bonchev–Trinajstić information content (AvgIpc) is 2.70. The summed E-state index contributed by atoms with van der Waals surface area (Å²) >= 11 is 0. The van der Waals surface area contributed by atoms with Crippen LogP contribution in [0.5, 0.6) is 0 Å². The summed E-state index contributed by atoms with van der Waals surface area (Å²) in [6.07, 6.45) is 3.97. The highest BCUT2D eigenvalue weighted by Crippen LogP contribution is 2.29. The molecule has 4 heteroatoms. The molecule has 1 aromatic rings. The molecule has 0 aromatic carbocycles. The summed E-state index contributed by atoms with van der Waals surface area (Å²) in [6, 6.07) is 1.77. The minimum Gasteiger partial charge on any atom is -0.332 e. The van der Waals surface area contributed by atoms with Gasteiger partial charge in [0.15, 0.2) is 0 Å². The van der Waals surface area contributed by atoms with E-state index in [0.717, 1.165) is 19.4 Å². The summed E-state index contributed by atoms with van der Waals surface area (Å²) in [5.74, 6) is 0.0538. The molecular formula is C11H17N3O. The molecule has 1 aliphatic rings. The van der Waals surface area contributed by atoms with Gasteiger partial charge in [-0.2, -0.15) is 5.10 Å². The number of aryl methyl sites for hydroxylation is 1. The first-order valence-corrected chi connectivity index (χ1v) is 5.32. The molecule has 1 amide bonds. The molecule has 1 fully saturated rings. The molecule has 1 saturated heterocycles. The maximum absolute atomic E-state index is 12.1. The standard InChI is InChI=1S/C11H17N3O/c1-11(2)6-4-7-14(11)10(15)9-5-8-13(3)12-9/h5,8H,4,6-7H2,1-3H3. The molecule has 0 aliphatic carbocycles. The number of hydrogen-bond donors (Lipinski definition) is 0. The van der Waals surface area contributed by atoms with Crippen molar-refractivity contribution in [3.8, 4) is 0 Å². The number of nitrogens with zero attached hydrogens (tertiary/aromatic N) is 3. The van der Waals surface area contributed by atoms with Gasteiger partial charge in [-0.3, -0.25) is 9.48 Å². The minimum atomic E-state index is -0.0192. The quantitative estimate of drug-likeness (QED) is 0.698. The van der Waals surface area contributed by atoms with E-state index in [9.17, 15) is 4.79 Å². The molecule has 2 rings (SSSR count). The number of carbonyl (C=O) groups excluding carboxylic acids is 1. The number of aromatic nitrogens is 2. The third kappa shape index (κ3) is 1.76. The van der Waals surface area contributed by atoms with Crippen LogP contribution in [0.25, 0.3) is 0 Å². The van der Waals surface area contributed by atoms with Crippen molar-refractivity contribution in [1.82, 2.24) is 14.7 Å². The average molecular weight is 207 g/mol. The van der Waals surface area contributed by atoms with Gasteiger partial charge in [-0.05, 0) is 32.8 Å². The Morgan fingerprint density at radius 1 is 1.53 bits per heavy atom. The van der Waals surface area contributed by atoms with E-state index >= 15 is 0 Å². The highest BCUT2D eigenvalue weighted by atomic mass is 16.2. The molecule has 0 N–H and O–H groups in total. The Kier molecular flexibility index (Phi) is 2.29. The van der Waals surface area contributed by atoms with E-state index in [-0.39, 0.29) is 11.4 Å². The van der Waals surface area contributed by atoms with Crippen LogP contribution in [0.15, 0.2) is 12.3 Å². The van der Waals surface area contributed by atoms with Crippen LogP contribution in [-0.4, -0.2) is 32.7 Å². The Hall–Kier alpha value is -1.32. The molecule has 15 heavy (non-hydrogen) atoms. The van der Waals surface area contributed by atoms with Crippen molar-refractivity contribution >= 4 is 5.91 Å². The molecular weight excluding hydrogens is 190 g/mol. The highest BCUT2D eigenvalue weighted by Gasteiger charge is 2.36. The van der Waals surface area contributed by atoms with E-state index < -0.39 is 0 Å². The maximum Gasteiger partial charge on any atom is 0.274 e. The van der Waals surface area contributed by atoms with Crippen molar-refractivity contribution < 1.29 is 4.79 Å². The van der Waals surface area contributed by atoms with Gasteiger partial charge in [-0.1, -0.05) is 0 Å². The van der Waals surface area contributed by atoms with Crippen molar-refractivity contribution in [2.24, 2.45) is 7.05 Å². The topological polar surface area (TPSA) is 38.1 Å². The summed E-state index contributed by atoms with van der Waals surface area (Å²) in [5.41, 5.74) is 0.529. The molecule has 0 bridgehead atoms. The van der Waals surface area contributed by atoms with Gasteiger partial charge in [0.25, 0.3) is 5.91 Å². The summed E-state index contributed by atoms with van der Waals surface area (Å²) in [5, 5.41) is 4.15. The predicted octanol–water partition coefficient (Wildman–Crippen LogP) is 1.43. The van der Waals surface area contributed by atoms with Gasteiger partial charge < -0.3 is 4.90 Å². The van der Waals surface area contributed by atoms with Gasteiger partial charge in [0.1, 0.15) is 5.69 Å². The normalized spacial score (nSPS) is 19.5. The van der Waals surface area contributed by atoms with Crippen molar-refractivity contribution in [2.45, 2.75) is 32.2 Å². The van der Waals surface area contributed by atoms with Crippen molar-refractivity contribution in [3.63, 3.8) is 0 Å². The van der Waals surface area contributed by atoms with Gasteiger partial charge in [0, 0.05) is 25.3 Å². The predicted molar refractivity (Wildman–Crippen MR) is 57.6 cm³/mol. The van der Waals surface area contributed by atoms with Crippen LogP contribution in [0.2, 0.25) is 0 Å². The molecule has 1 aromatic heterocycles. The third-order valence-corrected chi connectivity index (χ3v) is 3.08. The smallest absolute Gasteiger partial charge is 0.274 e. The Balaban J connectivity index is 2.21. The number of amides is 1. The molecule has 4 nitrogen and oxygen atoms in total. The fraction of sp³-hybridized carbons (Fsp3) is 0.636. The lowest BCUT2D eigenvalue weighted by Gasteiger charge is -2.30. The van der Waals surface area contributed by atoms with Crippen LogP contribution < -0.4 is 0 Å². The Labute approximate surface area is 89.9 Å². The first kappa shape index (κ1) is 10.2. The largest absolute Gasteiger partial charge is 0.332 e. The first-order valence-electron chi connectivity index (χ1n) is 5.32. The van der Waals surface area contributed by atoms with Crippen LogP contribution in [0.1, 0.15) is 37.2 Å². The second-order valence-corrected chi connectivity index (χ2v) is 4.75. The van der Waals surface area contributed by atoms with Gasteiger partial charge in [-0.15, -0.1) is 0 Å². The fourth-order valence-electron chi connectivity index (χ4n) is 2.15. The lowest BCUT2D eigenvalue weighted by Crippen LogP contribution is -2.42.